The molecule has 4 heteroatoms. The Morgan fingerprint density at radius 2 is 2.09 bits per heavy atom. The number of hydrogen-bond acceptors (Lipinski definition) is 1. The molecular formula is C7H12F2O2. The minimum Gasteiger partial charge on any atom is -0.481 e. The molecule has 0 aliphatic rings. The number of carboxylic acid groups (broad SMARTS) is 1. The molecule has 0 saturated carbocycles. The minimum absolute atomic E-state index is 0.0266. The van der Waals surface area contributed by atoms with Crippen LogP contribution in [0.3, 0.4) is 0 Å². The van der Waals surface area contributed by atoms with Crippen molar-refractivity contribution in [3.63, 3.8) is 0 Å². The van der Waals surface area contributed by atoms with E-state index in [2.05, 4.69) is 0 Å². The molecule has 0 aliphatic carbocycles. The second kappa shape index (κ2) is 3.64. The lowest BCUT2D eigenvalue weighted by atomic mass is 9.98. The first kappa shape index (κ1) is 10.3. The average molecular weight is 166 g/mol. The van der Waals surface area contributed by atoms with Crippen molar-refractivity contribution in [3.8, 4) is 0 Å². The van der Waals surface area contributed by atoms with Gasteiger partial charge in [-0.2, -0.15) is 0 Å². The van der Waals surface area contributed by atoms with Crippen LogP contribution in [-0.2, 0) is 4.79 Å². The Bertz CT molecular complexity index is 140. The first-order valence-corrected chi connectivity index (χ1v) is 3.50. The number of carboxylic acids is 1. The van der Waals surface area contributed by atoms with E-state index < -0.39 is 17.8 Å². The van der Waals surface area contributed by atoms with Gasteiger partial charge in [-0.15, -0.1) is 0 Å². The van der Waals surface area contributed by atoms with Crippen LogP contribution in [0.25, 0.3) is 0 Å². The molecule has 0 aromatic heterocycles. The van der Waals surface area contributed by atoms with Gasteiger partial charge in [-0.05, 0) is 6.42 Å². The van der Waals surface area contributed by atoms with Gasteiger partial charge >= 0.3 is 5.97 Å². The van der Waals surface area contributed by atoms with Gasteiger partial charge in [-0.25, -0.2) is 8.78 Å². The average Bonchev–Trinajstić information content (AvgIpc) is 1.79. The van der Waals surface area contributed by atoms with Gasteiger partial charge in [-0.1, -0.05) is 13.3 Å². The molecule has 11 heavy (non-hydrogen) atoms. The van der Waals surface area contributed by atoms with Crippen molar-refractivity contribution in [2.45, 2.75) is 32.6 Å². The summed E-state index contributed by atoms with van der Waals surface area (Å²) in [6.07, 6.45) is 0.485. The quantitative estimate of drug-likeness (QED) is 0.694. The highest BCUT2D eigenvalue weighted by atomic mass is 19.3. The molecular weight excluding hydrogens is 154 g/mol. The fraction of sp³-hybridized carbons (Fsp3) is 0.857. The summed E-state index contributed by atoms with van der Waals surface area (Å²) in [5, 5.41) is 8.36. The summed E-state index contributed by atoms with van der Waals surface area (Å²) >= 11 is 0. The summed E-state index contributed by atoms with van der Waals surface area (Å²) in [5.41, 5.74) is 0. The van der Waals surface area contributed by atoms with Crippen LogP contribution in [0.1, 0.15) is 26.7 Å². The third-order valence-electron chi connectivity index (χ3n) is 1.49. The predicted molar refractivity (Wildman–Crippen MR) is 36.7 cm³/mol. The Morgan fingerprint density at radius 1 is 1.64 bits per heavy atom. The third-order valence-corrected chi connectivity index (χ3v) is 1.49. The van der Waals surface area contributed by atoms with Crippen LogP contribution in [0.4, 0.5) is 8.78 Å². The van der Waals surface area contributed by atoms with E-state index in [1.807, 2.05) is 0 Å². The molecule has 0 aromatic rings. The van der Waals surface area contributed by atoms with Crippen LogP contribution in [0.15, 0.2) is 0 Å². The molecule has 1 atom stereocenters. The standard InChI is InChI=1S/C7H12F2O2/c1-3-4-5(6(10)11)7(2,8)9/h5H,3-4H2,1-2H3,(H,10,11). The van der Waals surface area contributed by atoms with E-state index in [0.29, 0.717) is 13.3 Å². The van der Waals surface area contributed by atoms with Crippen molar-refractivity contribution < 1.29 is 18.7 Å². The first-order chi connectivity index (χ1) is 4.89. The van der Waals surface area contributed by atoms with E-state index in [4.69, 9.17) is 5.11 Å². The van der Waals surface area contributed by atoms with Crippen LogP contribution in [0, 0.1) is 5.92 Å². The zero-order valence-electron chi connectivity index (χ0n) is 6.60. The summed E-state index contributed by atoms with van der Waals surface area (Å²) in [6, 6.07) is 0. The Morgan fingerprint density at radius 3 is 2.18 bits per heavy atom. The molecule has 0 aliphatic heterocycles. The molecule has 66 valence electrons. The van der Waals surface area contributed by atoms with E-state index in [1.165, 1.54) is 0 Å². The van der Waals surface area contributed by atoms with E-state index in [1.54, 1.807) is 6.92 Å². The molecule has 0 fully saturated rings. The highest BCUT2D eigenvalue weighted by Gasteiger charge is 2.38. The maximum atomic E-state index is 12.4. The monoisotopic (exact) mass is 166 g/mol. The number of aliphatic carboxylic acids is 1. The summed E-state index contributed by atoms with van der Waals surface area (Å²) in [6.45, 7) is 2.32. The maximum Gasteiger partial charge on any atom is 0.312 e. The lowest BCUT2D eigenvalue weighted by Crippen LogP contribution is -2.31. The van der Waals surface area contributed by atoms with E-state index in [9.17, 15) is 13.6 Å². The fourth-order valence-corrected chi connectivity index (χ4v) is 0.882. The van der Waals surface area contributed by atoms with Crippen LogP contribution in [0.2, 0.25) is 0 Å². The number of halogens is 2. The smallest absolute Gasteiger partial charge is 0.312 e. The Hall–Kier alpha value is -0.670. The zero-order valence-corrected chi connectivity index (χ0v) is 6.60. The summed E-state index contributed by atoms with van der Waals surface area (Å²) < 4.78 is 24.9. The third kappa shape index (κ3) is 3.30. The SMILES string of the molecule is CCCC(C(=O)O)C(C)(F)F. The molecule has 0 bridgehead atoms. The molecule has 2 nitrogen and oxygen atoms in total. The number of carbonyl (C=O) groups is 1. The van der Waals surface area contributed by atoms with Crippen molar-refractivity contribution in [3.05, 3.63) is 0 Å². The van der Waals surface area contributed by atoms with Gasteiger partial charge in [0, 0.05) is 6.92 Å². The van der Waals surface area contributed by atoms with E-state index >= 15 is 0 Å². The van der Waals surface area contributed by atoms with Crippen LogP contribution in [0.5, 0.6) is 0 Å². The Labute approximate surface area is 64.2 Å². The van der Waals surface area contributed by atoms with Gasteiger partial charge in [0.2, 0.25) is 0 Å². The highest BCUT2D eigenvalue weighted by Crippen LogP contribution is 2.27. The summed E-state index contributed by atoms with van der Waals surface area (Å²) in [4.78, 5) is 10.3. The van der Waals surface area contributed by atoms with Gasteiger partial charge in [-0.3, -0.25) is 4.79 Å². The molecule has 0 rings (SSSR count). The molecule has 0 saturated heterocycles. The number of alkyl halides is 2. The second-order valence-corrected chi connectivity index (χ2v) is 2.64. The largest absolute Gasteiger partial charge is 0.481 e. The predicted octanol–water partition coefficient (Wildman–Crippen LogP) is 2.14. The Balaban J connectivity index is 4.22. The summed E-state index contributed by atoms with van der Waals surface area (Å²) in [5.74, 6) is -6.06. The Kier molecular flexibility index (Phi) is 3.42. The lowest BCUT2D eigenvalue weighted by molar-refractivity contribution is -0.155. The van der Waals surface area contributed by atoms with Crippen LogP contribution < -0.4 is 0 Å². The summed E-state index contributed by atoms with van der Waals surface area (Å²) in [7, 11) is 0. The van der Waals surface area contributed by atoms with E-state index in [-0.39, 0.29) is 6.42 Å². The lowest BCUT2D eigenvalue weighted by Gasteiger charge is -2.18. The minimum atomic E-state index is -3.11. The number of rotatable bonds is 4. The molecule has 1 unspecified atom stereocenters. The molecule has 0 amide bonds. The second-order valence-electron chi connectivity index (χ2n) is 2.64. The molecule has 0 heterocycles. The van der Waals surface area contributed by atoms with Crippen molar-refractivity contribution in [1.29, 1.82) is 0 Å². The van der Waals surface area contributed by atoms with Gasteiger partial charge in [0.1, 0.15) is 5.92 Å². The molecule has 0 aromatic carbocycles. The highest BCUT2D eigenvalue weighted by molar-refractivity contribution is 5.71. The maximum absolute atomic E-state index is 12.4. The van der Waals surface area contributed by atoms with Gasteiger partial charge in [0.15, 0.2) is 0 Å². The van der Waals surface area contributed by atoms with Crippen LogP contribution in [-0.4, -0.2) is 17.0 Å². The fourth-order valence-electron chi connectivity index (χ4n) is 0.882. The van der Waals surface area contributed by atoms with Crippen molar-refractivity contribution in [2.75, 3.05) is 0 Å². The van der Waals surface area contributed by atoms with Crippen molar-refractivity contribution in [1.82, 2.24) is 0 Å². The van der Waals surface area contributed by atoms with Crippen molar-refractivity contribution in [2.24, 2.45) is 5.92 Å². The van der Waals surface area contributed by atoms with Crippen molar-refractivity contribution >= 4 is 5.97 Å². The van der Waals surface area contributed by atoms with Gasteiger partial charge in [0.05, 0.1) is 0 Å². The molecule has 0 spiro atoms. The number of hydrogen-bond donors (Lipinski definition) is 1. The zero-order chi connectivity index (χ0) is 9.07. The van der Waals surface area contributed by atoms with Gasteiger partial charge in [0.25, 0.3) is 5.92 Å². The topological polar surface area (TPSA) is 37.3 Å². The van der Waals surface area contributed by atoms with Gasteiger partial charge < -0.3 is 5.11 Å². The van der Waals surface area contributed by atoms with Crippen LogP contribution >= 0.6 is 0 Å². The molecule has 1 N–H and O–H groups in total. The first-order valence-electron chi connectivity index (χ1n) is 3.50. The normalized spacial score (nSPS) is 14.5. The van der Waals surface area contributed by atoms with E-state index in [0.717, 1.165) is 0 Å². The molecule has 0 radical (unpaired) electrons.